The lowest BCUT2D eigenvalue weighted by Crippen LogP contribution is -2.38. The number of hydrogen-bond donors (Lipinski definition) is 3. The molecule has 2 rings (SSSR count). The number of amides is 2. The van der Waals surface area contributed by atoms with E-state index in [0.29, 0.717) is 24.7 Å². The van der Waals surface area contributed by atoms with E-state index in [4.69, 9.17) is 0 Å². The van der Waals surface area contributed by atoms with Crippen molar-refractivity contribution >= 4 is 17.5 Å². The van der Waals surface area contributed by atoms with Crippen molar-refractivity contribution in [3.63, 3.8) is 0 Å². The summed E-state index contributed by atoms with van der Waals surface area (Å²) in [6, 6.07) is 7.77. The highest BCUT2D eigenvalue weighted by Crippen LogP contribution is 2.23. The van der Waals surface area contributed by atoms with Gasteiger partial charge in [-0.2, -0.15) is 0 Å². The molecule has 0 bridgehead atoms. The normalized spacial score (nSPS) is 15.1. The highest BCUT2D eigenvalue weighted by molar-refractivity contribution is 5.95. The Morgan fingerprint density at radius 1 is 1.08 bits per heavy atom. The molecule has 0 aliphatic heterocycles. The first kappa shape index (κ1) is 18.3. The Balaban J connectivity index is 1.72. The van der Waals surface area contributed by atoms with Crippen molar-refractivity contribution in [2.45, 2.75) is 52.0 Å². The molecule has 0 unspecified atom stereocenters. The summed E-state index contributed by atoms with van der Waals surface area (Å²) in [5.74, 6) is 0.176. The smallest absolute Gasteiger partial charge is 0.251 e. The minimum absolute atomic E-state index is 0.116. The second kappa shape index (κ2) is 9.30. The first-order valence-corrected chi connectivity index (χ1v) is 8.99. The van der Waals surface area contributed by atoms with Crippen LogP contribution in [0.2, 0.25) is 0 Å². The summed E-state index contributed by atoms with van der Waals surface area (Å²) in [6.45, 7) is 5.04. The van der Waals surface area contributed by atoms with Gasteiger partial charge in [0.05, 0.1) is 0 Å². The fourth-order valence-corrected chi connectivity index (χ4v) is 3.06. The molecule has 0 atom stereocenters. The third kappa shape index (κ3) is 5.87. The Labute approximate surface area is 144 Å². The number of anilines is 1. The molecule has 3 N–H and O–H groups in total. The predicted molar refractivity (Wildman–Crippen MR) is 97.1 cm³/mol. The molecule has 1 aliphatic carbocycles. The zero-order chi connectivity index (χ0) is 17.4. The molecule has 1 aliphatic rings. The molecule has 2 amide bonds. The van der Waals surface area contributed by atoms with Crippen molar-refractivity contribution < 1.29 is 9.59 Å². The van der Waals surface area contributed by atoms with Gasteiger partial charge in [0.15, 0.2) is 0 Å². The van der Waals surface area contributed by atoms with Crippen molar-refractivity contribution in [2.75, 3.05) is 18.4 Å². The van der Waals surface area contributed by atoms with E-state index in [1.54, 1.807) is 6.07 Å². The lowest BCUT2D eigenvalue weighted by molar-refractivity contribution is -0.125. The Kier molecular flexibility index (Phi) is 7.09. The van der Waals surface area contributed by atoms with Gasteiger partial charge in [-0.3, -0.25) is 9.59 Å². The molecule has 1 fully saturated rings. The number of rotatable bonds is 7. The van der Waals surface area contributed by atoms with Crippen LogP contribution in [0, 0.1) is 5.92 Å². The Morgan fingerprint density at radius 3 is 2.50 bits per heavy atom. The van der Waals surface area contributed by atoms with Crippen LogP contribution < -0.4 is 16.0 Å². The van der Waals surface area contributed by atoms with E-state index >= 15 is 0 Å². The monoisotopic (exact) mass is 331 g/mol. The van der Waals surface area contributed by atoms with Gasteiger partial charge in [0, 0.05) is 36.3 Å². The Bertz CT molecular complexity index is 551. The van der Waals surface area contributed by atoms with E-state index in [1.165, 1.54) is 6.42 Å². The molecule has 24 heavy (non-hydrogen) atoms. The van der Waals surface area contributed by atoms with Crippen LogP contribution in [0.15, 0.2) is 24.3 Å². The maximum atomic E-state index is 12.2. The summed E-state index contributed by atoms with van der Waals surface area (Å²) in [6.07, 6.45) is 5.53. The third-order valence-electron chi connectivity index (χ3n) is 4.27. The Hall–Kier alpha value is -2.04. The summed E-state index contributed by atoms with van der Waals surface area (Å²) in [5.41, 5.74) is 1.56. The van der Waals surface area contributed by atoms with Gasteiger partial charge in [0.1, 0.15) is 0 Å². The van der Waals surface area contributed by atoms with Crippen LogP contribution in [0.5, 0.6) is 0 Å². The highest BCUT2D eigenvalue weighted by Gasteiger charge is 2.20. The van der Waals surface area contributed by atoms with Crippen LogP contribution in [0.25, 0.3) is 0 Å². The molecule has 1 aromatic rings. The summed E-state index contributed by atoms with van der Waals surface area (Å²) in [5, 5.41) is 9.07. The molecule has 0 aromatic heterocycles. The number of carbonyl (C=O) groups excluding carboxylic acids is 2. The summed E-state index contributed by atoms with van der Waals surface area (Å²) < 4.78 is 0. The maximum absolute atomic E-state index is 12.2. The molecular weight excluding hydrogens is 302 g/mol. The average Bonchev–Trinajstić information content (AvgIpc) is 2.58. The minimum atomic E-state index is -0.116. The zero-order valence-corrected chi connectivity index (χ0v) is 14.7. The summed E-state index contributed by atoms with van der Waals surface area (Å²) >= 11 is 0. The third-order valence-corrected chi connectivity index (χ3v) is 4.27. The molecule has 1 saturated carbocycles. The van der Waals surface area contributed by atoms with Gasteiger partial charge in [-0.25, -0.2) is 0 Å². The topological polar surface area (TPSA) is 70.2 Å². The second-order valence-electron chi connectivity index (χ2n) is 6.76. The van der Waals surface area contributed by atoms with Gasteiger partial charge in [0.2, 0.25) is 5.91 Å². The molecule has 0 radical (unpaired) electrons. The molecule has 0 heterocycles. The van der Waals surface area contributed by atoms with Crippen LogP contribution in [0.1, 0.15) is 56.3 Å². The number of carbonyl (C=O) groups is 2. The van der Waals surface area contributed by atoms with Crippen molar-refractivity contribution in [3.05, 3.63) is 29.8 Å². The molecular formula is C19H29N3O2. The summed E-state index contributed by atoms with van der Waals surface area (Å²) in [7, 11) is 0. The second-order valence-corrected chi connectivity index (χ2v) is 6.76. The SMILES string of the molecule is CC(C)Nc1cccc(C(=O)NCCNC(=O)C2CCCCC2)c1. The molecule has 0 spiro atoms. The fraction of sp³-hybridized carbons (Fsp3) is 0.579. The number of hydrogen-bond acceptors (Lipinski definition) is 3. The van der Waals surface area contributed by atoms with Crippen LogP contribution in [-0.2, 0) is 4.79 Å². The fourth-order valence-electron chi connectivity index (χ4n) is 3.06. The highest BCUT2D eigenvalue weighted by atomic mass is 16.2. The van der Waals surface area contributed by atoms with Crippen LogP contribution in [-0.4, -0.2) is 30.9 Å². The van der Waals surface area contributed by atoms with Crippen LogP contribution >= 0.6 is 0 Å². The van der Waals surface area contributed by atoms with Gasteiger partial charge < -0.3 is 16.0 Å². The van der Waals surface area contributed by atoms with Gasteiger partial charge in [0.25, 0.3) is 5.91 Å². The number of nitrogens with one attached hydrogen (secondary N) is 3. The van der Waals surface area contributed by atoms with Gasteiger partial charge >= 0.3 is 0 Å². The van der Waals surface area contributed by atoms with E-state index < -0.39 is 0 Å². The largest absolute Gasteiger partial charge is 0.383 e. The lowest BCUT2D eigenvalue weighted by atomic mass is 9.89. The van der Waals surface area contributed by atoms with Crippen molar-refractivity contribution in [1.82, 2.24) is 10.6 Å². The molecule has 5 heteroatoms. The van der Waals surface area contributed by atoms with E-state index in [-0.39, 0.29) is 17.7 Å². The van der Waals surface area contributed by atoms with Gasteiger partial charge in [-0.1, -0.05) is 25.3 Å². The van der Waals surface area contributed by atoms with Crippen LogP contribution in [0.3, 0.4) is 0 Å². The van der Waals surface area contributed by atoms with Crippen molar-refractivity contribution in [1.29, 1.82) is 0 Å². The van der Waals surface area contributed by atoms with E-state index in [2.05, 4.69) is 29.8 Å². The van der Waals surface area contributed by atoms with Gasteiger partial charge in [-0.15, -0.1) is 0 Å². The van der Waals surface area contributed by atoms with E-state index in [1.807, 2.05) is 18.2 Å². The minimum Gasteiger partial charge on any atom is -0.383 e. The summed E-state index contributed by atoms with van der Waals surface area (Å²) in [4.78, 5) is 24.2. The predicted octanol–water partition coefficient (Wildman–Crippen LogP) is 2.93. The van der Waals surface area contributed by atoms with Crippen molar-refractivity contribution in [2.24, 2.45) is 5.92 Å². The molecule has 1 aromatic carbocycles. The average molecular weight is 331 g/mol. The molecule has 132 valence electrons. The molecule has 0 saturated heterocycles. The quantitative estimate of drug-likeness (QED) is 0.673. The Morgan fingerprint density at radius 2 is 1.79 bits per heavy atom. The van der Waals surface area contributed by atoms with Crippen molar-refractivity contribution in [3.8, 4) is 0 Å². The standard InChI is InChI=1S/C19H29N3O2/c1-14(2)22-17-10-6-9-16(13-17)19(24)21-12-11-20-18(23)15-7-4-3-5-8-15/h6,9-10,13-15,22H,3-5,7-8,11-12H2,1-2H3,(H,20,23)(H,21,24). The zero-order valence-electron chi connectivity index (χ0n) is 14.7. The number of benzene rings is 1. The van der Waals surface area contributed by atoms with Crippen LogP contribution in [0.4, 0.5) is 5.69 Å². The first-order valence-electron chi connectivity index (χ1n) is 8.99. The first-order chi connectivity index (χ1) is 11.6. The maximum Gasteiger partial charge on any atom is 0.251 e. The molecule has 5 nitrogen and oxygen atoms in total. The van der Waals surface area contributed by atoms with E-state index in [0.717, 1.165) is 31.4 Å². The lowest BCUT2D eigenvalue weighted by Gasteiger charge is -2.20. The van der Waals surface area contributed by atoms with Gasteiger partial charge in [-0.05, 0) is 44.9 Å². The van der Waals surface area contributed by atoms with E-state index in [9.17, 15) is 9.59 Å².